The smallest absolute Gasteiger partial charge is 0.341 e. The van der Waals surface area contributed by atoms with E-state index in [0.29, 0.717) is 16.5 Å². The molecule has 0 saturated carbocycles. The number of hydrogen-bond acceptors (Lipinski definition) is 5. The van der Waals surface area contributed by atoms with Gasteiger partial charge in [0.25, 0.3) is 5.91 Å². The first kappa shape index (κ1) is 17.6. The maximum absolute atomic E-state index is 12.0. The molecule has 0 aromatic heterocycles. The molecule has 6 nitrogen and oxygen atoms in total. The second-order valence-corrected chi connectivity index (χ2v) is 5.08. The number of rotatable bonds is 6. The van der Waals surface area contributed by atoms with Crippen molar-refractivity contribution in [2.75, 3.05) is 26.1 Å². The number of benzene rings is 2. The standard InChI is InChI=1S/C17H16ClNO5/c1-22-15-8-7-11(9-13(15)18)19-16(20)10-24-14-6-4-3-5-12(14)17(21)23-2/h3-9H,10H2,1-2H3,(H,19,20). The van der Waals surface area contributed by atoms with Crippen molar-refractivity contribution >= 4 is 29.2 Å². The van der Waals surface area contributed by atoms with E-state index in [1.54, 1.807) is 42.5 Å². The number of anilines is 1. The van der Waals surface area contributed by atoms with Crippen LogP contribution in [0.1, 0.15) is 10.4 Å². The van der Waals surface area contributed by atoms with E-state index in [-0.39, 0.29) is 17.9 Å². The fourth-order valence-corrected chi connectivity index (χ4v) is 2.21. The zero-order valence-electron chi connectivity index (χ0n) is 13.2. The van der Waals surface area contributed by atoms with Gasteiger partial charge in [0.15, 0.2) is 6.61 Å². The topological polar surface area (TPSA) is 73.9 Å². The van der Waals surface area contributed by atoms with E-state index in [1.807, 2.05) is 0 Å². The van der Waals surface area contributed by atoms with Gasteiger partial charge in [-0.3, -0.25) is 4.79 Å². The van der Waals surface area contributed by atoms with Crippen molar-refractivity contribution in [2.24, 2.45) is 0 Å². The van der Waals surface area contributed by atoms with Gasteiger partial charge >= 0.3 is 5.97 Å². The molecule has 1 amide bonds. The predicted octanol–water partition coefficient (Wildman–Crippen LogP) is 3.15. The number of nitrogens with one attached hydrogen (secondary N) is 1. The van der Waals surface area contributed by atoms with Gasteiger partial charge < -0.3 is 19.5 Å². The Balaban J connectivity index is 1.99. The van der Waals surface area contributed by atoms with Gasteiger partial charge in [0.1, 0.15) is 17.1 Å². The molecule has 0 spiro atoms. The Labute approximate surface area is 144 Å². The molecule has 2 aromatic rings. The third-order valence-corrected chi connectivity index (χ3v) is 3.38. The average Bonchev–Trinajstić information content (AvgIpc) is 2.59. The van der Waals surface area contributed by atoms with Gasteiger partial charge in [-0.15, -0.1) is 0 Å². The van der Waals surface area contributed by atoms with Gasteiger partial charge in [-0.05, 0) is 30.3 Å². The molecule has 0 saturated heterocycles. The summed E-state index contributed by atoms with van der Waals surface area (Å²) < 4.78 is 15.1. The number of methoxy groups -OCH3 is 2. The highest BCUT2D eigenvalue weighted by molar-refractivity contribution is 6.32. The second kappa shape index (κ2) is 8.21. The summed E-state index contributed by atoms with van der Waals surface area (Å²) in [7, 11) is 2.78. The highest BCUT2D eigenvalue weighted by atomic mass is 35.5. The number of carbonyl (C=O) groups excluding carboxylic acids is 2. The van der Waals surface area contributed by atoms with Crippen LogP contribution in [-0.4, -0.2) is 32.7 Å². The van der Waals surface area contributed by atoms with Gasteiger partial charge in [0, 0.05) is 5.69 Å². The van der Waals surface area contributed by atoms with E-state index < -0.39 is 11.9 Å². The van der Waals surface area contributed by atoms with Crippen molar-refractivity contribution in [1.82, 2.24) is 0 Å². The van der Waals surface area contributed by atoms with Crippen LogP contribution in [0.15, 0.2) is 42.5 Å². The molecule has 0 aliphatic heterocycles. The molecule has 0 unspecified atom stereocenters. The Bertz CT molecular complexity index is 748. The summed E-state index contributed by atoms with van der Waals surface area (Å²) in [5.74, 6) is -0.144. The van der Waals surface area contributed by atoms with Crippen molar-refractivity contribution in [3.63, 3.8) is 0 Å². The van der Waals surface area contributed by atoms with E-state index >= 15 is 0 Å². The van der Waals surface area contributed by atoms with Crippen LogP contribution in [0, 0.1) is 0 Å². The zero-order valence-corrected chi connectivity index (χ0v) is 13.9. The summed E-state index contributed by atoms with van der Waals surface area (Å²) in [6.07, 6.45) is 0. The van der Waals surface area contributed by atoms with E-state index in [2.05, 4.69) is 10.1 Å². The Morgan fingerprint density at radius 2 is 1.83 bits per heavy atom. The number of hydrogen-bond donors (Lipinski definition) is 1. The van der Waals surface area contributed by atoms with Crippen molar-refractivity contribution in [3.8, 4) is 11.5 Å². The Morgan fingerprint density at radius 1 is 1.08 bits per heavy atom. The zero-order chi connectivity index (χ0) is 17.5. The SMILES string of the molecule is COC(=O)c1ccccc1OCC(=O)Nc1ccc(OC)c(Cl)c1. The van der Waals surface area contributed by atoms with E-state index in [1.165, 1.54) is 14.2 Å². The minimum absolute atomic E-state index is 0.250. The van der Waals surface area contributed by atoms with Crippen LogP contribution < -0.4 is 14.8 Å². The molecule has 0 heterocycles. The number of ether oxygens (including phenoxy) is 3. The number of halogens is 1. The maximum atomic E-state index is 12.0. The predicted molar refractivity (Wildman–Crippen MR) is 89.9 cm³/mol. The minimum atomic E-state index is -0.534. The molecule has 2 rings (SSSR count). The van der Waals surface area contributed by atoms with Crippen LogP contribution in [0.4, 0.5) is 5.69 Å². The molecular weight excluding hydrogens is 334 g/mol. The van der Waals surface area contributed by atoms with Crippen LogP contribution in [0.3, 0.4) is 0 Å². The lowest BCUT2D eigenvalue weighted by atomic mass is 10.2. The van der Waals surface area contributed by atoms with Crippen molar-refractivity contribution in [1.29, 1.82) is 0 Å². The van der Waals surface area contributed by atoms with Crippen LogP contribution in [-0.2, 0) is 9.53 Å². The van der Waals surface area contributed by atoms with Gasteiger partial charge in [0.2, 0.25) is 0 Å². The summed E-state index contributed by atoms with van der Waals surface area (Å²) in [6.45, 7) is -0.266. The molecule has 2 aromatic carbocycles. The van der Waals surface area contributed by atoms with E-state index in [0.717, 1.165) is 0 Å². The summed E-state index contributed by atoms with van der Waals surface area (Å²) >= 11 is 6.00. The molecule has 0 aliphatic carbocycles. The van der Waals surface area contributed by atoms with E-state index in [9.17, 15) is 9.59 Å². The molecule has 0 bridgehead atoms. The van der Waals surface area contributed by atoms with Crippen LogP contribution >= 0.6 is 11.6 Å². The average molecular weight is 350 g/mol. The fourth-order valence-electron chi connectivity index (χ4n) is 1.96. The minimum Gasteiger partial charge on any atom is -0.495 e. The first-order valence-electron chi connectivity index (χ1n) is 6.98. The lowest BCUT2D eigenvalue weighted by Gasteiger charge is -2.11. The largest absolute Gasteiger partial charge is 0.495 e. The third-order valence-electron chi connectivity index (χ3n) is 3.09. The van der Waals surface area contributed by atoms with Crippen LogP contribution in [0.5, 0.6) is 11.5 Å². The van der Waals surface area contributed by atoms with Gasteiger partial charge in [-0.1, -0.05) is 23.7 Å². The monoisotopic (exact) mass is 349 g/mol. The second-order valence-electron chi connectivity index (χ2n) is 4.67. The maximum Gasteiger partial charge on any atom is 0.341 e. The number of carbonyl (C=O) groups is 2. The van der Waals surface area contributed by atoms with Crippen LogP contribution in [0.2, 0.25) is 5.02 Å². The van der Waals surface area contributed by atoms with Crippen molar-refractivity contribution < 1.29 is 23.8 Å². The summed E-state index contributed by atoms with van der Waals surface area (Å²) in [5.41, 5.74) is 0.760. The first-order chi connectivity index (χ1) is 11.5. The molecule has 0 radical (unpaired) electrons. The summed E-state index contributed by atoms with van der Waals surface area (Å²) in [6, 6.07) is 11.4. The molecule has 24 heavy (non-hydrogen) atoms. The number of amides is 1. The molecule has 1 N–H and O–H groups in total. The highest BCUT2D eigenvalue weighted by Crippen LogP contribution is 2.27. The molecule has 126 valence electrons. The summed E-state index contributed by atoms with van der Waals surface area (Å²) in [5, 5.41) is 3.03. The fraction of sp³-hybridized carbons (Fsp3) is 0.176. The number of esters is 1. The van der Waals surface area contributed by atoms with Crippen LogP contribution in [0.25, 0.3) is 0 Å². The lowest BCUT2D eigenvalue weighted by molar-refractivity contribution is -0.118. The molecule has 0 fully saturated rings. The third kappa shape index (κ3) is 4.39. The van der Waals surface area contributed by atoms with Gasteiger partial charge in [-0.2, -0.15) is 0 Å². The van der Waals surface area contributed by atoms with E-state index in [4.69, 9.17) is 21.1 Å². The summed E-state index contributed by atoms with van der Waals surface area (Å²) in [4.78, 5) is 23.6. The van der Waals surface area contributed by atoms with Gasteiger partial charge in [0.05, 0.1) is 19.2 Å². The lowest BCUT2D eigenvalue weighted by Crippen LogP contribution is -2.21. The van der Waals surface area contributed by atoms with Crippen molar-refractivity contribution in [3.05, 3.63) is 53.1 Å². The number of para-hydroxylation sites is 1. The molecule has 0 aliphatic rings. The Morgan fingerprint density at radius 3 is 2.50 bits per heavy atom. The molecule has 7 heteroatoms. The molecule has 0 atom stereocenters. The van der Waals surface area contributed by atoms with Gasteiger partial charge in [-0.25, -0.2) is 4.79 Å². The molecular formula is C17H16ClNO5. The quantitative estimate of drug-likeness (QED) is 0.811. The Hall–Kier alpha value is -2.73. The first-order valence-corrected chi connectivity index (χ1v) is 7.36. The highest BCUT2D eigenvalue weighted by Gasteiger charge is 2.13. The normalized spacial score (nSPS) is 9.96. The van der Waals surface area contributed by atoms with Crippen molar-refractivity contribution in [2.45, 2.75) is 0 Å². The Kier molecular flexibility index (Phi) is 6.03.